The fourth-order valence-corrected chi connectivity index (χ4v) is 4.08. The van der Waals surface area contributed by atoms with Gasteiger partial charge in [-0.25, -0.2) is 0 Å². The van der Waals surface area contributed by atoms with Crippen molar-refractivity contribution in [2.24, 2.45) is 4.99 Å². The second-order valence-corrected chi connectivity index (χ2v) is 8.08. The highest BCUT2D eigenvalue weighted by Crippen LogP contribution is 2.33. The standard InChI is InChI=1S/C22H29N7O/c1-27-9-11-28(12-10-27)18-5-6-19(20(13-18)29-7-3-2-4-8-29)26-22(30)21-24-15-17(14-23)16-25-21/h5-6,13,15H,2-4,7-12,16H2,1H3,(H,24,25)(H,26,30). The number of nitrogens with zero attached hydrogens (tertiary/aromatic N) is 5. The molecule has 8 heteroatoms. The van der Waals surface area contributed by atoms with E-state index in [0.29, 0.717) is 5.57 Å². The van der Waals surface area contributed by atoms with Gasteiger partial charge in [0, 0.05) is 51.2 Å². The molecule has 30 heavy (non-hydrogen) atoms. The van der Waals surface area contributed by atoms with E-state index in [1.54, 1.807) is 6.20 Å². The minimum Gasteiger partial charge on any atom is -0.370 e. The highest BCUT2D eigenvalue weighted by molar-refractivity contribution is 6.42. The Kier molecular flexibility index (Phi) is 6.19. The third-order valence-corrected chi connectivity index (χ3v) is 5.94. The third-order valence-electron chi connectivity index (χ3n) is 5.94. The van der Waals surface area contributed by atoms with Crippen LogP contribution in [-0.2, 0) is 4.79 Å². The van der Waals surface area contributed by atoms with Gasteiger partial charge in [0.15, 0.2) is 5.84 Å². The van der Waals surface area contributed by atoms with Gasteiger partial charge in [0.05, 0.1) is 29.6 Å². The van der Waals surface area contributed by atoms with Crippen molar-refractivity contribution in [3.8, 4) is 6.07 Å². The van der Waals surface area contributed by atoms with Crippen LogP contribution in [0.1, 0.15) is 19.3 Å². The van der Waals surface area contributed by atoms with E-state index < -0.39 is 0 Å². The predicted octanol–water partition coefficient (Wildman–Crippen LogP) is 1.78. The molecule has 8 nitrogen and oxygen atoms in total. The highest BCUT2D eigenvalue weighted by Gasteiger charge is 2.22. The van der Waals surface area contributed by atoms with Gasteiger partial charge in [0.25, 0.3) is 5.91 Å². The van der Waals surface area contributed by atoms with E-state index in [1.807, 2.05) is 6.07 Å². The number of aliphatic imine (C=N–C) groups is 1. The largest absolute Gasteiger partial charge is 0.370 e. The number of hydrogen-bond donors (Lipinski definition) is 2. The minimum absolute atomic E-state index is 0.230. The Morgan fingerprint density at radius 1 is 1.10 bits per heavy atom. The SMILES string of the molecule is CN1CCN(c2ccc(NC(=O)C3=NCC(C#N)=CN3)c(N3CCCCC3)c2)CC1. The van der Waals surface area contributed by atoms with E-state index in [9.17, 15) is 4.79 Å². The quantitative estimate of drug-likeness (QED) is 0.791. The summed E-state index contributed by atoms with van der Waals surface area (Å²) in [5.74, 6) is -0.0458. The van der Waals surface area contributed by atoms with E-state index in [-0.39, 0.29) is 18.3 Å². The highest BCUT2D eigenvalue weighted by atomic mass is 16.2. The number of piperidine rings is 1. The maximum atomic E-state index is 12.8. The van der Waals surface area contributed by atoms with Crippen LogP contribution in [0.5, 0.6) is 0 Å². The molecule has 1 amide bonds. The molecule has 3 aliphatic heterocycles. The molecule has 0 aromatic heterocycles. The zero-order chi connectivity index (χ0) is 20.9. The zero-order valence-electron chi connectivity index (χ0n) is 17.5. The lowest BCUT2D eigenvalue weighted by Gasteiger charge is -2.36. The van der Waals surface area contributed by atoms with Crippen molar-refractivity contribution >= 4 is 28.8 Å². The normalized spacial score (nSPS) is 20.0. The first-order valence-electron chi connectivity index (χ1n) is 10.7. The molecule has 0 bridgehead atoms. The number of carbonyl (C=O) groups is 1. The summed E-state index contributed by atoms with van der Waals surface area (Å²) in [6.45, 7) is 6.37. The lowest BCUT2D eigenvalue weighted by Crippen LogP contribution is -2.44. The summed E-state index contributed by atoms with van der Waals surface area (Å²) in [7, 11) is 2.16. The lowest BCUT2D eigenvalue weighted by molar-refractivity contribution is -0.110. The predicted molar refractivity (Wildman–Crippen MR) is 120 cm³/mol. The van der Waals surface area contributed by atoms with E-state index >= 15 is 0 Å². The number of likely N-dealkylation sites (N-methyl/N-ethyl adjacent to an activating group) is 1. The van der Waals surface area contributed by atoms with Gasteiger partial charge < -0.3 is 25.3 Å². The lowest BCUT2D eigenvalue weighted by atomic mass is 10.1. The van der Waals surface area contributed by atoms with Crippen LogP contribution in [0.4, 0.5) is 17.1 Å². The Morgan fingerprint density at radius 3 is 2.53 bits per heavy atom. The van der Waals surface area contributed by atoms with Crippen LogP contribution in [0.25, 0.3) is 0 Å². The summed E-state index contributed by atoms with van der Waals surface area (Å²) in [6, 6.07) is 8.37. The van der Waals surface area contributed by atoms with Crippen molar-refractivity contribution in [1.29, 1.82) is 5.26 Å². The van der Waals surface area contributed by atoms with E-state index in [0.717, 1.165) is 50.6 Å². The molecule has 1 aromatic carbocycles. The molecule has 0 unspecified atom stereocenters. The maximum absolute atomic E-state index is 12.8. The van der Waals surface area contributed by atoms with E-state index in [2.05, 4.69) is 55.6 Å². The number of piperazine rings is 1. The average Bonchev–Trinajstić information content (AvgIpc) is 2.80. The fourth-order valence-electron chi connectivity index (χ4n) is 4.08. The molecule has 0 spiro atoms. The van der Waals surface area contributed by atoms with E-state index in [4.69, 9.17) is 5.26 Å². The number of nitrogens with one attached hydrogen (secondary N) is 2. The van der Waals surface area contributed by atoms with E-state index in [1.165, 1.54) is 24.9 Å². The summed E-state index contributed by atoms with van der Waals surface area (Å²) < 4.78 is 0. The number of amides is 1. The zero-order valence-corrected chi connectivity index (χ0v) is 17.5. The molecule has 1 aromatic rings. The average molecular weight is 408 g/mol. The van der Waals surface area contributed by atoms with Crippen LogP contribution in [0.15, 0.2) is 35.0 Å². The van der Waals surface area contributed by atoms with Gasteiger partial charge in [-0.2, -0.15) is 5.26 Å². The molecule has 2 N–H and O–H groups in total. The second kappa shape index (κ2) is 9.18. The number of carbonyl (C=O) groups excluding carboxylic acids is 1. The van der Waals surface area contributed by atoms with Gasteiger partial charge in [-0.1, -0.05) is 0 Å². The monoisotopic (exact) mass is 407 g/mol. The van der Waals surface area contributed by atoms with Gasteiger partial charge in [0.1, 0.15) is 0 Å². The number of benzene rings is 1. The molecule has 3 aliphatic rings. The Balaban J connectivity index is 1.55. The number of hydrogen-bond acceptors (Lipinski definition) is 7. The molecule has 2 saturated heterocycles. The number of amidine groups is 1. The molecule has 0 saturated carbocycles. The molecule has 0 radical (unpaired) electrons. The Labute approximate surface area is 177 Å². The van der Waals surface area contributed by atoms with Gasteiger partial charge in [0.2, 0.25) is 0 Å². The number of rotatable bonds is 4. The molecular weight excluding hydrogens is 378 g/mol. The summed E-state index contributed by atoms with van der Waals surface area (Å²) >= 11 is 0. The van der Waals surface area contributed by atoms with Crippen LogP contribution in [0, 0.1) is 11.3 Å². The van der Waals surface area contributed by atoms with Crippen LogP contribution in [0.2, 0.25) is 0 Å². The summed E-state index contributed by atoms with van der Waals surface area (Å²) in [4.78, 5) is 24.1. The summed E-state index contributed by atoms with van der Waals surface area (Å²) in [5.41, 5.74) is 3.59. The summed E-state index contributed by atoms with van der Waals surface area (Å²) in [6.07, 6.45) is 5.14. The number of anilines is 3. The molecule has 158 valence electrons. The number of nitriles is 1. The van der Waals surface area contributed by atoms with Crippen molar-refractivity contribution in [3.63, 3.8) is 0 Å². The van der Waals surface area contributed by atoms with Crippen LogP contribution < -0.4 is 20.4 Å². The van der Waals surface area contributed by atoms with Gasteiger partial charge in [-0.3, -0.25) is 9.79 Å². The fraction of sp³-hybridized carbons (Fsp3) is 0.500. The summed E-state index contributed by atoms with van der Waals surface area (Å²) in [5, 5.41) is 14.8. The maximum Gasteiger partial charge on any atom is 0.291 e. The van der Waals surface area contributed by atoms with Crippen molar-refractivity contribution in [3.05, 3.63) is 30.0 Å². The van der Waals surface area contributed by atoms with Crippen LogP contribution >= 0.6 is 0 Å². The van der Waals surface area contributed by atoms with Crippen molar-refractivity contribution in [1.82, 2.24) is 10.2 Å². The molecule has 0 aliphatic carbocycles. The minimum atomic E-state index is -0.283. The smallest absolute Gasteiger partial charge is 0.291 e. The van der Waals surface area contributed by atoms with Crippen molar-refractivity contribution in [2.45, 2.75) is 19.3 Å². The molecule has 2 fully saturated rings. The first kappa shape index (κ1) is 20.2. The Hall–Kier alpha value is -3.05. The molecular formula is C22H29N7O. The molecule has 0 atom stereocenters. The van der Waals surface area contributed by atoms with Crippen LogP contribution in [-0.4, -0.2) is 69.5 Å². The molecule has 3 heterocycles. The topological polar surface area (TPSA) is 87.0 Å². The Bertz CT molecular complexity index is 887. The third kappa shape index (κ3) is 4.57. The first-order valence-corrected chi connectivity index (χ1v) is 10.7. The van der Waals surface area contributed by atoms with Crippen molar-refractivity contribution in [2.75, 3.05) is 68.0 Å². The molecule has 4 rings (SSSR count). The Morgan fingerprint density at radius 2 is 1.87 bits per heavy atom. The van der Waals surface area contributed by atoms with Gasteiger partial charge in [-0.15, -0.1) is 0 Å². The van der Waals surface area contributed by atoms with Crippen molar-refractivity contribution < 1.29 is 4.79 Å². The van der Waals surface area contributed by atoms with Gasteiger partial charge in [-0.05, 0) is 44.5 Å². The first-order chi connectivity index (χ1) is 14.6. The van der Waals surface area contributed by atoms with Gasteiger partial charge >= 0.3 is 0 Å². The second-order valence-electron chi connectivity index (χ2n) is 8.08. The van der Waals surface area contributed by atoms with Crippen LogP contribution in [0.3, 0.4) is 0 Å².